The van der Waals surface area contributed by atoms with Crippen LogP contribution in [0.15, 0.2) is 60.9 Å². The zero-order valence-corrected chi connectivity index (χ0v) is 12.0. The lowest BCUT2D eigenvalue weighted by Gasteiger charge is -2.26. The summed E-state index contributed by atoms with van der Waals surface area (Å²) in [6.07, 6.45) is 4.04. The van der Waals surface area contributed by atoms with E-state index in [-0.39, 0.29) is 0 Å². The molecule has 0 aliphatic carbocycles. The van der Waals surface area contributed by atoms with Crippen molar-refractivity contribution < 1.29 is 0 Å². The van der Waals surface area contributed by atoms with E-state index in [4.69, 9.17) is 0 Å². The highest BCUT2D eigenvalue weighted by Crippen LogP contribution is 2.28. The third-order valence-electron chi connectivity index (χ3n) is 4.03. The minimum atomic E-state index is 0.385. The van der Waals surface area contributed by atoms with Crippen molar-refractivity contribution in [3.63, 3.8) is 0 Å². The Hall–Kier alpha value is -2.06. The minimum absolute atomic E-state index is 0.385. The van der Waals surface area contributed by atoms with Crippen molar-refractivity contribution in [1.29, 1.82) is 0 Å². The summed E-state index contributed by atoms with van der Waals surface area (Å²) in [5, 5.41) is 2.66. The van der Waals surface area contributed by atoms with Gasteiger partial charge in [-0.3, -0.25) is 4.90 Å². The van der Waals surface area contributed by atoms with Gasteiger partial charge >= 0.3 is 0 Å². The van der Waals surface area contributed by atoms with E-state index in [1.165, 1.54) is 21.9 Å². The summed E-state index contributed by atoms with van der Waals surface area (Å²) in [6, 6.07) is 17.7. The molecule has 1 N–H and O–H groups in total. The number of hydrogen-bond acceptors (Lipinski definition) is 1. The van der Waals surface area contributed by atoms with Crippen LogP contribution >= 0.6 is 0 Å². The summed E-state index contributed by atoms with van der Waals surface area (Å²) in [4.78, 5) is 5.50. The van der Waals surface area contributed by atoms with Crippen LogP contribution in [0.3, 0.4) is 0 Å². The minimum Gasteiger partial charge on any atom is -0.367 e. The van der Waals surface area contributed by atoms with Gasteiger partial charge in [-0.1, -0.05) is 42.5 Å². The van der Waals surface area contributed by atoms with Gasteiger partial charge in [-0.25, -0.2) is 0 Å². The van der Waals surface area contributed by atoms with Crippen molar-refractivity contribution in [2.75, 3.05) is 7.05 Å². The fourth-order valence-electron chi connectivity index (χ4n) is 2.73. The van der Waals surface area contributed by atoms with Crippen LogP contribution in [-0.4, -0.2) is 16.9 Å². The van der Waals surface area contributed by atoms with Crippen LogP contribution in [0.2, 0.25) is 0 Å². The summed E-state index contributed by atoms with van der Waals surface area (Å²) in [5.74, 6) is 0. The molecule has 0 fully saturated rings. The Labute approximate surface area is 120 Å². The first kappa shape index (κ1) is 12.9. The predicted molar refractivity (Wildman–Crippen MR) is 84.6 cm³/mol. The van der Waals surface area contributed by atoms with Crippen LogP contribution in [-0.2, 0) is 6.54 Å². The Morgan fingerprint density at radius 3 is 2.65 bits per heavy atom. The Bertz CT molecular complexity index is 680. The Morgan fingerprint density at radius 1 is 1.05 bits per heavy atom. The smallest absolute Gasteiger partial charge is 0.0326 e. The molecule has 0 amide bonds. The van der Waals surface area contributed by atoms with Gasteiger partial charge in [0.2, 0.25) is 0 Å². The molecular formula is C18H20N2. The highest BCUT2D eigenvalue weighted by Gasteiger charge is 2.14. The van der Waals surface area contributed by atoms with E-state index >= 15 is 0 Å². The van der Waals surface area contributed by atoms with Crippen LogP contribution in [0.25, 0.3) is 10.8 Å². The molecule has 1 heterocycles. The van der Waals surface area contributed by atoms with E-state index in [2.05, 4.69) is 78.6 Å². The standard InChI is InChI=1S/C18H20N2/c1-14(20(2)13-15-10-11-19-12-15)17-9-5-7-16-6-3-4-8-18(16)17/h3-12,14,19H,13H2,1-2H3/t14-/m1/s1. The largest absolute Gasteiger partial charge is 0.367 e. The third-order valence-corrected chi connectivity index (χ3v) is 4.03. The Morgan fingerprint density at radius 2 is 1.85 bits per heavy atom. The summed E-state index contributed by atoms with van der Waals surface area (Å²) in [7, 11) is 2.18. The zero-order chi connectivity index (χ0) is 13.9. The quantitative estimate of drug-likeness (QED) is 0.741. The summed E-state index contributed by atoms with van der Waals surface area (Å²) >= 11 is 0. The van der Waals surface area contributed by atoms with Gasteiger partial charge in [0.1, 0.15) is 0 Å². The van der Waals surface area contributed by atoms with Crippen molar-refractivity contribution in [2.45, 2.75) is 19.5 Å². The van der Waals surface area contributed by atoms with Crippen LogP contribution < -0.4 is 0 Å². The molecule has 0 aliphatic heterocycles. The topological polar surface area (TPSA) is 19.0 Å². The summed E-state index contributed by atoms with van der Waals surface area (Å²) in [6.45, 7) is 3.22. The lowest BCUT2D eigenvalue weighted by atomic mass is 9.99. The van der Waals surface area contributed by atoms with Crippen LogP contribution in [0.4, 0.5) is 0 Å². The number of aromatic amines is 1. The van der Waals surface area contributed by atoms with Gasteiger partial charge in [0.05, 0.1) is 0 Å². The first-order valence-corrected chi connectivity index (χ1v) is 7.05. The van der Waals surface area contributed by atoms with E-state index in [9.17, 15) is 0 Å². The Balaban J connectivity index is 1.90. The molecule has 0 aliphatic rings. The second kappa shape index (κ2) is 5.51. The fourth-order valence-corrected chi connectivity index (χ4v) is 2.73. The molecule has 0 spiro atoms. The second-order valence-electron chi connectivity index (χ2n) is 5.38. The lowest BCUT2D eigenvalue weighted by molar-refractivity contribution is 0.254. The van der Waals surface area contributed by atoms with Crippen LogP contribution in [0, 0.1) is 0 Å². The molecule has 102 valence electrons. The van der Waals surface area contributed by atoms with Gasteiger partial charge in [0, 0.05) is 25.0 Å². The molecule has 2 heteroatoms. The number of aromatic nitrogens is 1. The molecule has 3 rings (SSSR count). The van der Waals surface area contributed by atoms with Crippen LogP contribution in [0.1, 0.15) is 24.1 Å². The van der Waals surface area contributed by atoms with Gasteiger partial charge in [-0.2, -0.15) is 0 Å². The molecule has 0 saturated carbocycles. The van der Waals surface area contributed by atoms with Gasteiger partial charge in [0.25, 0.3) is 0 Å². The normalized spacial score (nSPS) is 12.9. The van der Waals surface area contributed by atoms with E-state index in [0.717, 1.165) is 6.54 Å². The second-order valence-corrected chi connectivity index (χ2v) is 5.38. The van der Waals surface area contributed by atoms with E-state index in [1.807, 2.05) is 6.20 Å². The molecule has 0 saturated heterocycles. The average Bonchev–Trinajstić information content (AvgIpc) is 2.99. The third kappa shape index (κ3) is 2.47. The number of hydrogen-bond donors (Lipinski definition) is 1. The lowest BCUT2D eigenvalue weighted by Crippen LogP contribution is -2.21. The van der Waals surface area contributed by atoms with Crippen LogP contribution in [0.5, 0.6) is 0 Å². The SMILES string of the molecule is C[C@H](c1cccc2ccccc12)N(C)Cc1cc[nH]c1. The van der Waals surface area contributed by atoms with E-state index < -0.39 is 0 Å². The summed E-state index contributed by atoms with van der Waals surface area (Å²) < 4.78 is 0. The first-order chi connectivity index (χ1) is 9.75. The summed E-state index contributed by atoms with van der Waals surface area (Å²) in [5.41, 5.74) is 2.71. The van der Waals surface area contributed by atoms with E-state index in [0.29, 0.717) is 6.04 Å². The van der Waals surface area contributed by atoms with E-state index in [1.54, 1.807) is 0 Å². The fraction of sp³-hybridized carbons (Fsp3) is 0.222. The maximum Gasteiger partial charge on any atom is 0.0326 e. The highest BCUT2D eigenvalue weighted by atomic mass is 15.1. The maximum atomic E-state index is 3.12. The average molecular weight is 264 g/mol. The number of H-pyrrole nitrogens is 1. The molecule has 2 nitrogen and oxygen atoms in total. The molecule has 2 aromatic carbocycles. The molecular weight excluding hydrogens is 244 g/mol. The number of nitrogens with zero attached hydrogens (tertiary/aromatic N) is 1. The van der Waals surface area contributed by atoms with Gasteiger partial charge < -0.3 is 4.98 Å². The predicted octanol–water partition coefficient (Wildman–Crippen LogP) is 4.36. The van der Waals surface area contributed by atoms with Crippen molar-refractivity contribution in [1.82, 2.24) is 9.88 Å². The molecule has 20 heavy (non-hydrogen) atoms. The molecule has 0 radical (unpaired) electrons. The van der Waals surface area contributed by atoms with Crippen molar-refractivity contribution in [2.24, 2.45) is 0 Å². The first-order valence-electron chi connectivity index (χ1n) is 7.05. The molecule has 0 bridgehead atoms. The molecule has 3 aromatic rings. The van der Waals surface area contributed by atoms with Gasteiger partial charge in [-0.05, 0) is 41.9 Å². The number of nitrogens with one attached hydrogen (secondary N) is 1. The molecule has 0 unspecified atom stereocenters. The maximum absolute atomic E-state index is 3.12. The van der Waals surface area contributed by atoms with Crippen molar-refractivity contribution >= 4 is 10.8 Å². The number of benzene rings is 2. The van der Waals surface area contributed by atoms with Gasteiger partial charge in [-0.15, -0.1) is 0 Å². The molecule has 1 aromatic heterocycles. The number of rotatable bonds is 4. The monoisotopic (exact) mass is 264 g/mol. The Kier molecular flexibility index (Phi) is 3.57. The van der Waals surface area contributed by atoms with Crippen molar-refractivity contribution in [3.8, 4) is 0 Å². The highest BCUT2D eigenvalue weighted by molar-refractivity contribution is 5.86. The van der Waals surface area contributed by atoms with Gasteiger partial charge in [0.15, 0.2) is 0 Å². The zero-order valence-electron chi connectivity index (χ0n) is 12.0. The number of fused-ring (bicyclic) bond motifs is 1. The van der Waals surface area contributed by atoms with Crippen molar-refractivity contribution in [3.05, 3.63) is 72.1 Å². The molecule has 1 atom stereocenters.